The summed E-state index contributed by atoms with van der Waals surface area (Å²) in [6.45, 7) is 3.39. The minimum Gasteiger partial charge on any atom is -0.375 e. The molecule has 0 bridgehead atoms. The van der Waals surface area contributed by atoms with E-state index in [4.69, 9.17) is 5.73 Å². The summed E-state index contributed by atoms with van der Waals surface area (Å²) in [6, 6.07) is 6.94. The third-order valence-corrected chi connectivity index (χ3v) is 5.53. The highest BCUT2D eigenvalue weighted by atomic mass is 32.1. The molecule has 0 atom stereocenters. The van der Waals surface area contributed by atoms with Gasteiger partial charge in [0.2, 0.25) is 0 Å². The van der Waals surface area contributed by atoms with Crippen LogP contribution in [0.1, 0.15) is 40.7 Å². The van der Waals surface area contributed by atoms with Crippen molar-refractivity contribution in [2.24, 2.45) is 5.92 Å². The fraction of sp³-hybridized carbons (Fsp3) is 0.444. The van der Waals surface area contributed by atoms with Gasteiger partial charge in [-0.25, -0.2) is 9.37 Å². The molecule has 0 saturated carbocycles. The molecule has 1 aliphatic heterocycles. The lowest BCUT2D eigenvalue weighted by Crippen LogP contribution is -2.39. The minimum atomic E-state index is -0.135. The number of anilines is 1. The van der Waals surface area contributed by atoms with Gasteiger partial charge in [0.15, 0.2) is 5.13 Å². The summed E-state index contributed by atoms with van der Waals surface area (Å²) in [5.74, 6) is 0.317. The summed E-state index contributed by atoms with van der Waals surface area (Å²) in [7, 11) is 0. The second kappa shape index (κ2) is 7.30. The van der Waals surface area contributed by atoms with E-state index >= 15 is 0 Å². The fourth-order valence-electron chi connectivity index (χ4n) is 3.24. The van der Waals surface area contributed by atoms with Crippen molar-refractivity contribution in [3.63, 3.8) is 0 Å². The molecule has 0 spiro atoms. The maximum absolute atomic E-state index is 13.8. The molecule has 4 nitrogen and oxygen atoms in total. The Morgan fingerprint density at radius 1 is 1.38 bits per heavy atom. The Labute approximate surface area is 145 Å². The molecular weight excluding hydrogens is 325 g/mol. The summed E-state index contributed by atoms with van der Waals surface area (Å²) in [5.41, 5.74) is 7.30. The Morgan fingerprint density at radius 2 is 2.08 bits per heavy atom. The van der Waals surface area contributed by atoms with E-state index in [0.29, 0.717) is 35.4 Å². The van der Waals surface area contributed by atoms with Crippen molar-refractivity contribution in [2.45, 2.75) is 32.6 Å². The maximum Gasteiger partial charge on any atom is 0.265 e. The van der Waals surface area contributed by atoms with E-state index in [1.54, 1.807) is 6.07 Å². The molecule has 2 heterocycles. The van der Waals surface area contributed by atoms with E-state index in [2.05, 4.69) is 4.98 Å². The van der Waals surface area contributed by atoms with E-state index in [1.165, 1.54) is 17.4 Å². The van der Waals surface area contributed by atoms with Crippen LogP contribution in [-0.2, 0) is 12.8 Å². The van der Waals surface area contributed by atoms with Crippen LogP contribution in [0.3, 0.4) is 0 Å². The molecule has 2 N–H and O–H groups in total. The standard InChI is InChI=1S/C18H22FN3OS/c1-2-15-16(24-18(20)21-15)17(23)22-9-7-12(8-10-22)11-13-5-3-4-6-14(13)19/h3-6,12H,2,7-11H2,1H3,(H2,20,21). The summed E-state index contributed by atoms with van der Waals surface area (Å²) in [6.07, 6.45) is 3.24. The van der Waals surface area contributed by atoms with Crippen LogP contribution in [0, 0.1) is 11.7 Å². The van der Waals surface area contributed by atoms with Crippen LogP contribution < -0.4 is 5.73 Å². The lowest BCUT2D eigenvalue weighted by atomic mass is 9.90. The highest BCUT2D eigenvalue weighted by Crippen LogP contribution is 2.27. The summed E-state index contributed by atoms with van der Waals surface area (Å²) in [5, 5.41) is 0.449. The van der Waals surface area contributed by atoms with Crippen LogP contribution in [0.4, 0.5) is 9.52 Å². The number of nitrogen functional groups attached to an aromatic ring is 1. The normalized spacial score (nSPS) is 15.7. The zero-order chi connectivity index (χ0) is 17.1. The third-order valence-electron chi connectivity index (χ3n) is 4.61. The first-order chi connectivity index (χ1) is 11.6. The second-order valence-corrected chi connectivity index (χ2v) is 7.24. The average Bonchev–Trinajstić information content (AvgIpc) is 2.98. The van der Waals surface area contributed by atoms with E-state index < -0.39 is 0 Å². The van der Waals surface area contributed by atoms with E-state index in [-0.39, 0.29) is 11.7 Å². The number of rotatable bonds is 4. The van der Waals surface area contributed by atoms with Crippen molar-refractivity contribution in [1.29, 1.82) is 0 Å². The highest BCUT2D eigenvalue weighted by Gasteiger charge is 2.27. The van der Waals surface area contributed by atoms with Gasteiger partial charge in [0.1, 0.15) is 10.7 Å². The van der Waals surface area contributed by atoms with Gasteiger partial charge in [-0.1, -0.05) is 36.5 Å². The number of aromatic nitrogens is 1. The Morgan fingerprint density at radius 3 is 2.75 bits per heavy atom. The smallest absolute Gasteiger partial charge is 0.265 e. The van der Waals surface area contributed by atoms with E-state index in [9.17, 15) is 9.18 Å². The van der Waals surface area contributed by atoms with Crippen molar-refractivity contribution < 1.29 is 9.18 Å². The van der Waals surface area contributed by atoms with Gasteiger partial charge in [-0.05, 0) is 43.2 Å². The van der Waals surface area contributed by atoms with Crippen LogP contribution in [0.2, 0.25) is 0 Å². The molecule has 1 amide bonds. The van der Waals surface area contributed by atoms with Crippen molar-refractivity contribution >= 4 is 22.4 Å². The number of aryl methyl sites for hydroxylation is 1. The van der Waals surface area contributed by atoms with Crippen molar-refractivity contribution in [2.75, 3.05) is 18.8 Å². The topological polar surface area (TPSA) is 59.2 Å². The fourth-order valence-corrected chi connectivity index (χ4v) is 4.12. The molecule has 1 saturated heterocycles. The average molecular weight is 347 g/mol. The number of carbonyl (C=O) groups excluding carboxylic acids is 1. The summed E-state index contributed by atoms with van der Waals surface area (Å²) < 4.78 is 13.8. The van der Waals surface area contributed by atoms with Gasteiger partial charge in [-0.2, -0.15) is 0 Å². The van der Waals surface area contributed by atoms with Gasteiger partial charge >= 0.3 is 0 Å². The first-order valence-electron chi connectivity index (χ1n) is 8.36. The number of amides is 1. The lowest BCUT2D eigenvalue weighted by Gasteiger charge is -2.32. The maximum atomic E-state index is 13.8. The molecule has 0 unspecified atom stereocenters. The van der Waals surface area contributed by atoms with Crippen molar-refractivity contribution in [3.8, 4) is 0 Å². The van der Waals surface area contributed by atoms with Gasteiger partial charge in [0, 0.05) is 13.1 Å². The molecule has 6 heteroatoms. The molecule has 0 aliphatic carbocycles. The molecule has 128 valence electrons. The van der Waals surface area contributed by atoms with Crippen LogP contribution in [0.5, 0.6) is 0 Å². The van der Waals surface area contributed by atoms with Gasteiger partial charge in [0.05, 0.1) is 5.69 Å². The molecule has 1 aromatic carbocycles. The van der Waals surface area contributed by atoms with Gasteiger partial charge in [-0.15, -0.1) is 0 Å². The van der Waals surface area contributed by atoms with E-state index in [1.807, 2.05) is 24.0 Å². The number of nitrogens with zero attached hydrogens (tertiary/aromatic N) is 2. The number of benzene rings is 1. The molecule has 0 radical (unpaired) electrons. The molecule has 3 rings (SSSR count). The minimum absolute atomic E-state index is 0.0328. The number of thiazole rings is 1. The number of nitrogens with two attached hydrogens (primary N) is 1. The number of carbonyl (C=O) groups is 1. The molecule has 1 aliphatic rings. The molecule has 24 heavy (non-hydrogen) atoms. The second-order valence-electron chi connectivity index (χ2n) is 6.21. The van der Waals surface area contributed by atoms with Gasteiger partial charge in [-0.3, -0.25) is 4.79 Å². The number of halogens is 1. The van der Waals surface area contributed by atoms with Crippen LogP contribution in [0.25, 0.3) is 0 Å². The number of likely N-dealkylation sites (tertiary alicyclic amines) is 1. The molecule has 2 aromatic rings. The highest BCUT2D eigenvalue weighted by molar-refractivity contribution is 7.17. The number of hydrogen-bond acceptors (Lipinski definition) is 4. The lowest BCUT2D eigenvalue weighted by molar-refractivity contribution is 0.0694. The Kier molecular flexibility index (Phi) is 5.14. The SMILES string of the molecule is CCc1nc(N)sc1C(=O)N1CCC(Cc2ccccc2F)CC1. The monoisotopic (exact) mass is 347 g/mol. The van der Waals surface area contributed by atoms with Crippen molar-refractivity contribution in [3.05, 3.63) is 46.2 Å². The van der Waals surface area contributed by atoms with E-state index in [0.717, 1.165) is 30.5 Å². The number of piperidine rings is 1. The zero-order valence-corrected chi connectivity index (χ0v) is 14.6. The van der Waals surface area contributed by atoms with Crippen molar-refractivity contribution in [1.82, 2.24) is 9.88 Å². The largest absolute Gasteiger partial charge is 0.375 e. The molecule has 1 aromatic heterocycles. The Hall–Kier alpha value is -1.95. The molecule has 1 fully saturated rings. The predicted octanol–water partition coefficient (Wildman–Crippen LogP) is 3.52. The Balaban J connectivity index is 1.60. The van der Waals surface area contributed by atoms with Gasteiger partial charge in [0.25, 0.3) is 5.91 Å². The first-order valence-corrected chi connectivity index (χ1v) is 9.18. The Bertz CT molecular complexity index is 723. The summed E-state index contributed by atoms with van der Waals surface area (Å²) >= 11 is 1.27. The predicted molar refractivity (Wildman–Crippen MR) is 94.6 cm³/mol. The zero-order valence-electron chi connectivity index (χ0n) is 13.8. The van der Waals surface area contributed by atoms with Crippen LogP contribution >= 0.6 is 11.3 Å². The van der Waals surface area contributed by atoms with Crippen LogP contribution in [0.15, 0.2) is 24.3 Å². The first kappa shape index (κ1) is 16.9. The quantitative estimate of drug-likeness (QED) is 0.920. The summed E-state index contributed by atoms with van der Waals surface area (Å²) in [4.78, 5) is 19.5. The van der Waals surface area contributed by atoms with Gasteiger partial charge < -0.3 is 10.6 Å². The third kappa shape index (κ3) is 3.59. The molecular formula is C18H22FN3OS. The number of hydrogen-bond donors (Lipinski definition) is 1. The van der Waals surface area contributed by atoms with Crippen LogP contribution in [-0.4, -0.2) is 28.9 Å².